The van der Waals surface area contributed by atoms with Crippen molar-refractivity contribution in [1.29, 1.82) is 0 Å². The number of rotatable bonds is 4. The topological polar surface area (TPSA) is 113 Å². The Balaban J connectivity index is 1.43. The fraction of sp³-hybridized carbons (Fsp3) is 0.609. The van der Waals surface area contributed by atoms with Gasteiger partial charge >= 0.3 is 5.97 Å². The van der Waals surface area contributed by atoms with Crippen LogP contribution in [0.5, 0.6) is 0 Å². The molecule has 0 saturated heterocycles. The smallest absolute Gasteiger partial charge is 0.338 e. The zero-order valence-electron chi connectivity index (χ0n) is 17.4. The number of fused-ring (bicyclic) bond motifs is 7. The van der Waals surface area contributed by atoms with E-state index in [-0.39, 0.29) is 11.7 Å². The van der Waals surface area contributed by atoms with Crippen molar-refractivity contribution in [2.24, 2.45) is 35.5 Å². The summed E-state index contributed by atoms with van der Waals surface area (Å²) in [5, 5.41) is 22.4. The second-order valence-electron chi connectivity index (χ2n) is 9.81. The molecule has 1 aromatic carbocycles. The SMILES string of the molecule is CC1=C[C@@H]2[C@H](CC1)C[C@H](OC(=O)c1cc([N+](=O)[O-])cc([N+](=O)[O-])c1)[C@H]1[C@H]3CC[C@@H](C3)[C@@H]21. The molecule has 0 unspecified atom stereocenters. The van der Waals surface area contributed by atoms with Crippen LogP contribution in [-0.2, 0) is 4.74 Å². The van der Waals surface area contributed by atoms with Gasteiger partial charge in [0.15, 0.2) is 0 Å². The Hall–Kier alpha value is -2.77. The summed E-state index contributed by atoms with van der Waals surface area (Å²) in [4.78, 5) is 33.9. The van der Waals surface area contributed by atoms with Gasteiger partial charge in [-0.05, 0) is 75.0 Å². The number of nitrogens with zero attached hydrogens (tertiary/aromatic N) is 2. The Morgan fingerprint density at radius 2 is 1.58 bits per heavy atom. The number of esters is 1. The lowest BCUT2D eigenvalue weighted by Gasteiger charge is -2.49. The van der Waals surface area contributed by atoms with Crippen molar-refractivity contribution in [2.45, 2.75) is 51.6 Å². The van der Waals surface area contributed by atoms with E-state index >= 15 is 0 Å². The maximum Gasteiger partial charge on any atom is 0.338 e. The molecular weight excluding hydrogens is 400 g/mol. The first-order valence-electron chi connectivity index (χ1n) is 11.1. The van der Waals surface area contributed by atoms with E-state index in [0.29, 0.717) is 35.5 Å². The molecule has 0 aliphatic heterocycles. The molecule has 0 spiro atoms. The van der Waals surface area contributed by atoms with Crippen LogP contribution in [0.1, 0.15) is 55.8 Å². The Morgan fingerprint density at radius 3 is 2.23 bits per heavy atom. The monoisotopic (exact) mass is 426 g/mol. The molecule has 3 fully saturated rings. The molecule has 0 heterocycles. The van der Waals surface area contributed by atoms with E-state index in [1.165, 1.54) is 24.8 Å². The molecule has 7 atom stereocenters. The zero-order valence-corrected chi connectivity index (χ0v) is 17.4. The molecule has 3 saturated carbocycles. The van der Waals surface area contributed by atoms with E-state index in [2.05, 4.69) is 13.0 Å². The highest BCUT2D eigenvalue weighted by Gasteiger charge is 2.58. The maximum atomic E-state index is 13.0. The third-order valence-corrected chi connectivity index (χ3v) is 8.20. The molecule has 2 bridgehead atoms. The van der Waals surface area contributed by atoms with Crippen molar-refractivity contribution in [3.05, 3.63) is 55.6 Å². The third-order valence-electron chi connectivity index (χ3n) is 8.20. The van der Waals surface area contributed by atoms with Gasteiger partial charge in [0.2, 0.25) is 0 Å². The van der Waals surface area contributed by atoms with Crippen molar-refractivity contribution < 1.29 is 19.4 Å². The van der Waals surface area contributed by atoms with Gasteiger partial charge in [0.25, 0.3) is 11.4 Å². The van der Waals surface area contributed by atoms with E-state index in [4.69, 9.17) is 4.74 Å². The fourth-order valence-electron chi connectivity index (χ4n) is 7.07. The normalized spacial score (nSPS) is 35.6. The summed E-state index contributed by atoms with van der Waals surface area (Å²) in [6.45, 7) is 2.21. The Bertz CT molecular complexity index is 956. The summed E-state index contributed by atoms with van der Waals surface area (Å²) < 4.78 is 5.98. The highest BCUT2D eigenvalue weighted by molar-refractivity contribution is 5.91. The van der Waals surface area contributed by atoms with Crippen LogP contribution >= 0.6 is 0 Å². The summed E-state index contributed by atoms with van der Waals surface area (Å²) in [6, 6.07) is 3.02. The number of allylic oxidation sites excluding steroid dienone is 2. The first kappa shape index (κ1) is 20.2. The average molecular weight is 426 g/mol. The van der Waals surface area contributed by atoms with Gasteiger partial charge in [0, 0.05) is 18.1 Å². The van der Waals surface area contributed by atoms with Crippen LogP contribution < -0.4 is 0 Å². The van der Waals surface area contributed by atoms with Crippen LogP contribution in [0.25, 0.3) is 0 Å². The van der Waals surface area contributed by atoms with Crippen molar-refractivity contribution in [1.82, 2.24) is 0 Å². The van der Waals surface area contributed by atoms with Crippen molar-refractivity contribution in [3.63, 3.8) is 0 Å². The van der Waals surface area contributed by atoms with E-state index < -0.39 is 27.2 Å². The van der Waals surface area contributed by atoms with Crippen LogP contribution in [0.4, 0.5) is 11.4 Å². The number of nitro groups is 2. The summed E-state index contributed by atoms with van der Waals surface area (Å²) >= 11 is 0. The summed E-state index contributed by atoms with van der Waals surface area (Å²) in [7, 11) is 0. The van der Waals surface area contributed by atoms with Gasteiger partial charge in [-0.3, -0.25) is 20.2 Å². The van der Waals surface area contributed by atoms with Crippen molar-refractivity contribution in [2.75, 3.05) is 0 Å². The number of hydrogen-bond donors (Lipinski definition) is 0. The second-order valence-corrected chi connectivity index (χ2v) is 9.81. The van der Waals surface area contributed by atoms with E-state index in [9.17, 15) is 25.0 Å². The van der Waals surface area contributed by atoms with Gasteiger partial charge in [0.1, 0.15) is 6.10 Å². The first-order valence-corrected chi connectivity index (χ1v) is 11.1. The molecule has 8 heteroatoms. The second kappa shape index (κ2) is 7.43. The van der Waals surface area contributed by atoms with Gasteiger partial charge < -0.3 is 4.74 Å². The minimum absolute atomic E-state index is 0.123. The molecule has 31 heavy (non-hydrogen) atoms. The van der Waals surface area contributed by atoms with Crippen LogP contribution in [0.15, 0.2) is 29.8 Å². The van der Waals surface area contributed by atoms with E-state index in [0.717, 1.165) is 37.5 Å². The number of ether oxygens (including phenoxy) is 1. The first-order chi connectivity index (χ1) is 14.8. The van der Waals surface area contributed by atoms with Crippen LogP contribution in [0.3, 0.4) is 0 Å². The molecular formula is C23H26N2O6. The lowest BCUT2D eigenvalue weighted by molar-refractivity contribution is -0.394. The average Bonchev–Trinajstić information content (AvgIpc) is 3.36. The predicted molar refractivity (Wildman–Crippen MR) is 111 cm³/mol. The Kier molecular flexibility index (Phi) is 4.83. The molecule has 4 aliphatic carbocycles. The minimum Gasteiger partial charge on any atom is -0.458 e. The van der Waals surface area contributed by atoms with Gasteiger partial charge in [-0.25, -0.2) is 4.79 Å². The number of hydrogen-bond acceptors (Lipinski definition) is 6. The Labute approximate surface area is 180 Å². The fourth-order valence-corrected chi connectivity index (χ4v) is 7.07. The number of benzene rings is 1. The molecule has 0 radical (unpaired) electrons. The van der Waals surface area contributed by atoms with Crippen LogP contribution in [0, 0.1) is 55.7 Å². The summed E-state index contributed by atoms with van der Waals surface area (Å²) in [6.07, 6.45) is 8.84. The lowest BCUT2D eigenvalue weighted by Crippen LogP contribution is -2.47. The highest BCUT2D eigenvalue weighted by Crippen LogP contribution is 2.62. The molecule has 0 amide bonds. The standard InChI is InChI=1S/C23H26N2O6/c1-12-2-3-13-10-20(22-15-5-4-14(7-15)21(22)19(13)6-12)31-23(26)16-8-17(24(27)28)11-18(9-16)25(29)30/h6,8-9,11,13-15,19-22H,2-5,7,10H2,1H3/t13-,14+,15+,19-,20+,21+,22-/m1/s1. The maximum absolute atomic E-state index is 13.0. The van der Waals surface area contributed by atoms with Crippen molar-refractivity contribution >= 4 is 17.3 Å². The van der Waals surface area contributed by atoms with Gasteiger partial charge in [-0.15, -0.1) is 0 Å². The predicted octanol–water partition coefficient (Wildman–Crippen LogP) is 5.07. The largest absolute Gasteiger partial charge is 0.458 e. The molecule has 4 aliphatic rings. The number of carbonyl (C=O) groups excluding carboxylic acids is 1. The quantitative estimate of drug-likeness (QED) is 0.288. The van der Waals surface area contributed by atoms with E-state index in [1.54, 1.807) is 0 Å². The minimum atomic E-state index is -0.725. The number of nitro benzene ring substituents is 2. The number of carbonyl (C=O) groups is 1. The van der Waals surface area contributed by atoms with Crippen molar-refractivity contribution in [3.8, 4) is 0 Å². The van der Waals surface area contributed by atoms with Gasteiger partial charge in [0.05, 0.1) is 21.5 Å². The van der Waals surface area contributed by atoms with E-state index in [1.807, 2.05) is 0 Å². The molecule has 5 rings (SSSR count). The molecule has 0 N–H and O–H groups in total. The molecule has 164 valence electrons. The lowest BCUT2D eigenvalue weighted by atomic mass is 9.58. The molecule has 0 aromatic heterocycles. The highest BCUT2D eigenvalue weighted by atomic mass is 16.6. The van der Waals surface area contributed by atoms with Gasteiger partial charge in [-0.1, -0.05) is 11.6 Å². The molecule has 1 aromatic rings. The summed E-state index contributed by atoms with van der Waals surface area (Å²) in [5.41, 5.74) is 0.385. The zero-order chi connectivity index (χ0) is 21.9. The van der Waals surface area contributed by atoms with Crippen LogP contribution in [0.2, 0.25) is 0 Å². The Morgan fingerprint density at radius 1 is 0.935 bits per heavy atom. The summed E-state index contributed by atoms with van der Waals surface area (Å²) in [5.74, 6) is 2.45. The van der Waals surface area contributed by atoms with Gasteiger partial charge in [-0.2, -0.15) is 0 Å². The number of non-ortho nitro benzene ring substituents is 2. The molecule has 8 nitrogen and oxygen atoms in total. The van der Waals surface area contributed by atoms with Crippen LogP contribution in [-0.4, -0.2) is 21.9 Å². The third kappa shape index (κ3) is 3.42.